The van der Waals surface area contributed by atoms with Crippen LogP contribution in [-0.2, 0) is 0 Å². The van der Waals surface area contributed by atoms with Crippen LogP contribution in [0.1, 0.15) is 41.0 Å². The number of fused-ring (bicyclic) bond motifs is 1. The number of rotatable bonds is 2. The van der Waals surface area contributed by atoms with E-state index in [4.69, 9.17) is 0 Å². The van der Waals surface area contributed by atoms with E-state index in [2.05, 4.69) is 49.3 Å². The molecule has 0 N–H and O–H groups in total. The molecule has 2 fully saturated rings. The highest BCUT2D eigenvalue weighted by Gasteiger charge is 2.35. The van der Waals surface area contributed by atoms with Gasteiger partial charge in [0.1, 0.15) is 0 Å². The van der Waals surface area contributed by atoms with Crippen molar-refractivity contribution in [1.82, 2.24) is 4.90 Å². The molecule has 0 aromatic rings. The second-order valence-corrected chi connectivity index (χ2v) is 4.43. The predicted molar refractivity (Wildman–Crippen MR) is 88.1 cm³/mol. The summed E-state index contributed by atoms with van der Waals surface area (Å²) in [5, 5.41) is 0. The molecule has 0 aromatic carbocycles. The SMILES string of the molecule is C.C=C/C=C1\C(=C)CC2C/C(=C/C=C\C)CN12.CC. The highest BCUT2D eigenvalue weighted by atomic mass is 15.2. The van der Waals surface area contributed by atoms with Crippen molar-refractivity contribution < 1.29 is 0 Å². The fourth-order valence-corrected chi connectivity index (χ4v) is 2.56. The molecule has 1 unspecified atom stereocenters. The Hall–Kier alpha value is -1.50. The summed E-state index contributed by atoms with van der Waals surface area (Å²) in [5.41, 5.74) is 4.06. The molecule has 0 radical (unpaired) electrons. The summed E-state index contributed by atoms with van der Waals surface area (Å²) >= 11 is 0. The Balaban J connectivity index is 0.00000103. The lowest BCUT2D eigenvalue weighted by molar-refractivity contribution is 0.374. The molecule has 2 aliphatic heterocycles. The van der Waals surface area contributed by atoms with Crippen LogP contribution in [0.25, 0.3) is 0 Å². The first kappa shape index (κ1) is 17.5. The molecule has 0 amide bonds. The lowest BCUT2D eigenvalue weighted by Gasteiger charge is -2.18. The van der Waals surface area contributed by atoms with Gasteiger partial charge in [0, 0.05) is 18.3 Å². The minimum absolute atomic E-state index is 0. The van der Waals surface area contributed by atoms with Crippen molar-refractivity contribution in [3.05, 3.63) is 60.4 Å². The highest BCUT2D eigenvalue weighted by molar-refractivity contribution is 5.40. The molecule has 1 nitrogen and oxygen atoms in total. The Labute approximate surface area is 119 Å². The summed E-state index contributed by atoms with van der Waals surface area (Å²) < 4.78 is 0. The molecule has 19 heavy (non-hydrogen) atoms. The molecule has 2 aliphatic rings. The zero-order valence-electron chi connectivity index (χ0n) is 11.9. The van der Waals surface area contributed by atoms with Gasteiger partial charge in [0.2, 0.25) is 0 Å². The third-order valence-electron chi connectivity index (χ3n) is 3.27. The highest BCUT2D eigenvalue weighted by Crippen LogP contribution is 2.39. The van der Waals surface area contributed by atoms with Crippen LogP contribution in [0, 0.1) is 0 Å². The molecule has 0 bridgehead atoms. The molecule has 2 rings (SSSR count). The lowest BCUT2D eigenvalue weighted by Crippen LogP contribution is -2.20. The van der Waals surface area contributed by atoms with Gasteiger partial charge in [-0.25, -0.2) is 0 Å². The van der Waals surface area contributed by atoms with E-state index in [0.29, 0.717) is 6.04 Å². The fraction of sp³-hybridized carbons (Fsp3) is 0.444. The number of hydrogen-bond donors (Lipinski definition) is 0. The molecule has 1 atom stereocenters. The van der Waals surface area contributed by atoms with Crippen molar-refractivity contribution in [3.63, 3.8) is 0 Å². The Morgan fingerprint density at radius 1 is 1.21 bits per heavy atom. The number of hydrogen-bond acceptors (Lipinski definition) is 1. The van der Waals surface area contributed by atoms with Crippen LogP contribution in [0.2, 0.25) is 0 Å². The van der Waals surface area contributed by atoms with Crippen LogP contribution < -0.4 is 0 Å². The minimum Gasteiger partial charge on any atom is -0.364 e. The van der Waals surface area contributed by atoms with Crippen molar-refractivity contribution in [2.75, 3.05) is 6.54 Å². The zero-order chi connectivity index (χ0) is 13.5. The maximum atomic E-state index is 4.13. The van der Waals surface area contributed by atoms with Crippen LogP contribution in [0.5, 0.6) is 0 Å². The average molecular weight is 259 g/mol. The monoisotopic (exact) mass is 259 g/mol. The minimum atomic E-state index is 0. The standard InChI is InChI=1S/C15H19N.C2H6.CH4/c1-4-6-8-13-10-14-9-12(3)15(7-5-2)16(14)11-13;1-2;/h4-8,14H,2-3,9-11H2,1H3;1-2H3;1H4/b6-4-,13-8-,15-7+;;. The van der Waals surface area contributed by atoms with Gasteiger partial charge in [0.15, 0.2) is 0 Å². The van der Waals surface area contributed by atoms with Crippen LogP contribution >= 0.6 is 0 Å². The second-order valence-electron chi connectivity index (χ2n) is 4.43. The molecular formula is C18H29N. The Kier molecular flexibility index (Phi) is 7.90. The summed E-state index contributed by atoms with van der Waals surface area (Å²) in [4.78, 5) is 2.46. The molecular weight excluding hydrogens is 230 g/mol. The van der Waals surface area contributed by atoms with Crippen molar-refractivity contribution >= 4 is 0 Å². The fourth-order valence-electron chi connectivity index (χ4n) is 2.56. The van der Waals surface area contributed by atoms with E-state index < -0.39 is 0 Å². The summed E-state index contributed by atoms with van der Waals surface area (Å²) in [6.07, 6.45) is 12.7. The van der Waals surface area contributed by atoms with Crippen LogP contribution in [0.4, 0.5) is 0 Å². The molecule has 2 saturated heterocycles. The molecule has 0 spiro atoms. The Bertz CT molecular complexity index is 396. The van der Waals surface area contributed by atoms with Gasteiger partial charge in [-0.1, -0.05) is 58.7 Å². The van der Waals surface area contributed by atoms with Crippen molar-refractivity contribution in [2.45, 2.75) is 47.1 Å². The van der Waals surface area contributed by atoms with E-state index in [1.54, 1.807) is 0 Å². The summed E-state index contributed by atoms with van der Waals surface area (Å²) in [6.45, 7) is 15.0. The first-order chi connectivity index (χ1) is 8.76. The summed E-state index contributed by atoms with van der Waals surface area (Å²) in [6, 6.07) is 0.634. The number of nitrogens with zero attached hydrogens (tertiary/aromatic N) is 1. The van der Waals surface area contributed by atoms with Gasteiger partial charge in [-0.2, -0.15) is 0 Å². The van der Waals surface area contributed by atoms with Crippen LogP contribution in [0.3, 0.4) is 0 Å². The van der Waals surface area contributed by atoms with Gasteiger partial charge in [-0.3, -0.25) is 0 Å². The van der Waals surface area contributed by atoms with Gasteiger partial charge < -0.3 is 4.90 Å². The van der Waals surface area contributed by atoms with Gasteiger partial charge in [0.05, 0.1) is 0 Å². The summed E-state index contributed by atoms with van der Waals surface area (Å²) in [7, 11) is 0. The first-order valence-corrected chi connectivity index (χ1v) is 6.84. The molecule has 1 heteroatoms. The Morgan fingerprint density at radius 3 is 2.47 bits per heavy atom. The third kappa shape index (κ3) is 3.99. The molecule has 0 aliphatic carbocycles. The van der Waals surface area contributed by atoms with E-state index in [9.17, 15) is 0 Å². The van der Waals surface area contributed by atoms with E-state index in [-0.39, 0.29) is 7.43 Å². The number of allylic oxidation sites excluding steroid dienone is 6. The zero-order valence-corrected chi connectivity index (χ0v) is 11.9. The molecule has 2 heterocycles. The van der Waals surface area contributed by atoms with Crippen LogP contribution in [0.15, 0.2) is 60.4 Å². The molecule has 0 saturated carbocycles. The predicted octanol–water partition coefficient (Wildman–Crippen LogP) is 5.26. The summed E-state index contributed by atoms with van der Waals surface area (Å²) in [5.74, 6) is 0. The van der Waals surface area contributed by atoms with E-state index >= 15 is 0 Å². The second kappa shape index (κ2) is 8.58. The normalized spacial score (nSPS) is 25.3. The smallest absolute Gasteiger partial charge is 0.0399 e. The average Bonchev–Trinajstić information content (AvgIpc) is 2.89. The van der Waals surface area contributed by atoms with E-state index in [1.165, 1.54) is 23.3 Å². The maximum absolute atomic E-state index is 4.13. The van der Waals surface area contributed by atoms with Gasteiger partial charge in [-0.05, 0) is 37.0 Å². The van der Waals surface area contributed by atoms with Crippen molar-refractivity contribution in [1.29, 1.82) is 0 Å². The van der Waals surface area contributed by atoms with E-state index in [1.807, 2.05) is 19.9 Å². The van der Waals surface area contributed by atoms with Crippen molar-refractivity contribution in [3.8, 4) is 0 Å². The van der Waals surface area contributed by atoms with Gasteiger partial charge in [-0.15, -0.1) is 0 Å². The van der Waals surface area contributed by atoms with Gasteiger partial charge >= 0.3 is 0 Å². The Morgan fingerprint density at radius 2 is 1.89 bits per heavy atom. The third-order valence-corrected chi connectivity index (χ3v) is 3.27. The maximum Gasteiger partial charge on any atom is 0.0399 e. The quantitative estimate of drug-likeness (QED) is 0.654. The van der Waals surface area contributed by atoms with Gasteiger partial charge in [0.25, 0.3) is 0 Å². The molecule has 0 aromatic heterocycles. The first-order valence-electron chi connectivity index (χ1n) is 6.84. The van der Waals surface area contributed by atoms with E-state index in [0.717, 1.165) is 13.0 Å². The van der Waals surface area contributed by atoms with Crippen molar-refractivity contribution in [2.24, 2.45) is 0 Å². The largest absolute Gasteiger partial charge is 0.364 e. The van der Waals surface area contributed by atoms with Crippen LogP contribution in [-0.4, -0.2) is 17.5 Å². The molecule has 106 valence electrons. The lowest BCUT2D eigenvalue weighted by atomic mass is 10.1. The topological polar surface area (TPSA) is 3.24 Å².